The third kappa shape index (κ3) is 5.93. The molecule has 3 N–H and O–H groups in total. The van der Waals surface area contributed by atoms with Crippen molar-refractivity contribution in [3.05, 3.63) is 52.6 Å². The van der Waals surface area contributed by atoms with Gasteiger partial charge in [0.05, 0.1) is 0 Å². The minimum Gasteiger partial charge on any atom is -0.504 e. The molecule has 0 aliphatic heterocycles. The van der Waals surface area contributed by atoms with Gasteiger partial charge in [0, 0.05) is 6.42 Å². The number of ether oxygens (including phenoxy) is 1. The second kappa shape index (κ2) is 8.26. The van der Waals surface area contributed by atoms with Crippen molar-refractivity contribution in [2.24, 2.45) is 0 Å². The molecule has 0 amide bonds. The monoisotopic (exact) mass is 392 g/mol. The zero-order valence-electron chi connectivity index (χ0n) is 15.9. The molecule has 0 aliphatic carbocycles. The van der Waals surface area contributed by atoms with Crippen LogP contribution in [0.25, 0.3) is 0 Å². The van der Waals surface area contributed by atoms with Crippen molar-refractivity contribution in [2.75, 3.05) is 6.16 Å². The lowest BCUT2D eigenvalue weighted by Crippen LogP contribution is -2.09. The van der Waals surface area contributed by atoms with Gasteiger partial charge in [0.2, 0.25) is 0 Å². The van der Waals surface area contributed by atoms with E-state index in [4.69, 9.17) is 14.5 Å². The molecule has 0 aromatic heterocycles. The highest BCUT2D eigenvalue weighted by molar-refractivity contribution is 7.52. The number of carbonyl (C=O) groups excluding carboxylic acids is 1. The summed E-state index contributed by atoms with van der Waals surface area (Å²) in [6, 6.07) is 8.80. The molecule has 0 saturated heterocycles. The van der Waals surface area contributed by atoms with Crippen LogP contribution in [0.15, 0.2) is 30.3 Å². The van der Waals surface area contributed by atoms with Gasteiger partial charge in [0.1, 0.15) is 17.7 Å². The van der Waals surface area contributed by atoms with Crippen LogP contribution in [0.3, 0.4) is 0 Å². The Labute approximate surface area is 159 Å². The van der Waals surface area contributed by atoms with Crippen LogP contribution in [0.5, 0.6) is 17.2 Å². The molecule has 0 atom stereocenters. The van der Waals surface area contributed by atoms with Crippen LogP contribution in [-0.4, -0.2) is 26.8 Å². The summed E-state index contributed by atoms with van der Waals surface area (Å²) in [5, 5.41) is 10.2. The molecule has 0 unspecified atom stereocenters. The lowest BCUT2D eigenvalue weighted by molar-refractivity contribution is -0.116. The maximum Gasteiger partial charge on any atom is 0.332 e. The van der Waals surface area contributed by atoms with E-state index in [0.717, 1.165) is 16.7 Å². The maximum atomic E-state index is 11.8. The third-order valence-corrected chi connectivity index (χ3v) is 4.93. The molecule has 2 aromatic rings. The van der Waals surface area contributed by atoms with E-state index in [1.807, 2.05) is 33.8 Å². The van der Waals surface area contributed by atoms with Crippen LogP contribution in [-0.2, 0) is 15.8 Å². The summed E-state index contributed by atoms with van der Waals surface area (Å²) < 4.78 is 16.8. The fourth-order valence-corrected chi connectivity index (χ4v) is 3.48. The Morgan fingerprint density at radius 1 is 1.11 bits per heavy atom. The average molecular weight is 392 g/mol. The number of phenols is 1. The van der Waals surface area contributed by atoms with Gasteiger partial charge in [0.25, 0.3) is 0 Å². The minimum absolute atomic E-state index is 0.0542. The highest BCUT2D eigenvalue weighted by Gasteiger charge is 2.20. The second-order valence-electron chi connectivity index (χ2n) is 7.08. The van der Waals surface area contributed by atoms with Gasteiger partial charge < -0.3 is 19.6 Å². The molecule has 0 fully saturated rings. The molecule has 0 spiro atoms. The molecule has 2 rings (SSSR count). The predicted octanol–water partition coefficient (Wildman–Crippen LogP) is 4.21. The van der Waals surface area contributed by atoms with Crippen LogP contribution >= 0.6 is 7.60 Å². The van der Waals surface area contributed by atoms with Crippen molar-refractivity contribution in [1.82, 2.24) is 0 Å². The van der Waals surface area contributed by atoms with Gasteiger partial charge in [-0.15, -0.1) is 0 Å². The summed E-state index contributed by atoms with van der Waals surface area (Å²) in [4.78, 5) is 29.6. The van der Waals surface area contributed by atoms with E-state index in [1.165, 1.54) is 0 Å². The van der Waals surface area contributed by atoms with E-state index < -0.39 is 19.5 Å². The van der Waals surface area contributed by atoms with Gasteiger partial charge in [-0.2, -0.15) is 0 Å². The number of hydrogen-bond acceptors (Lipinski definition) is 4. The molecule has 0 saturated carbocycles. The standard InChI is InChI=1S/C20H25O6P/c1-12(2)16-5-6-19(18(22)10-16)26-20-13(3)7-15(8-14(20)4)9-17(21)11-27(23,24)25/h5-8,10,12,22H,9,11H2,1-4H3,(H2,23,24,25). The minimum atomic E-state index is -4.36. The Kier molecular flexibility index (Phi) is 6.47. The first-order chi connectivity index (χ1) is 12.5. The van der Waals surface area contributed by atoms with Crippen LogP contribution in [0.1, 0.15) is 42.0 Å². The third-order valence-electron chi connectivity index (χ3n) is 4.17. The lowest BCUT2D eigenvalue weighted by atomic mass is 10.0. The molecule has 146 valence electrons. The number of aromatic hydroxyl groups is 1. The van der Waals surface area contributed by atoms with E-state index in [-0.39, 0.29) is 12.2 Å². The number of aryl methyl sites for hydroxylation is 2. The number of carbonyl (C=O) groups is 1. The van der Waals surface area contributed by atoms with Crippen molar-refractivity contribution < 1.29 is 29.0 Å². The molecule has 6 nitrogen and oxygen atoms in total. The first-order valence-electron chi connectivity index (χ1n) is 8.63. The van der Waals surface area contributed by atoms with E-state index in [2.05, 4.69) is 0 Å². The predicted molar refractivity (Wildman–Crippen MR) is 104 cm³/mol. The summed E-state index contributed by atoms with van der Waals surface area (Å²) in [6.07, 6.45) is -0.819. The average Bonchev–Trinajstić information content (AvgIpc) is 2.50. The molecular formula is C20H25O6P. The van der Waals surface area contributed by atoms with Gasteiger partial charge in [-0.1, -0.05) is 32.0 Å². The number of rotatable bonds is 7. The molecule has 2 aromatic carbocycles. The summed E-state index contributed by atoms with van der Waals surface area (Å²) in [5.41, 5.74) is 3.20. The van der Waals surface area contributed by atoms with Gasteiger partial charge in [-0.25, -0.2) is 0 Å². The maximum absolute atomic E-state index is 11.8. The number of Topliss-reactive ketones (excluding diaryl/α,β-unsaturated/α-hetero) is 1. The fraction of sp³-hybridized carbons (Fsp3) is 0.350. The van der Waals surface area contributed by atoms with Crippen molar-refractivity contribution in [2.45, 2.75) is 40.0 Å². The number of hydrogen-bond donors (Lipinski definition) is 3. The van der Waals surface area contributed by atoms with E-state index in [1.54, 1.807) is 24.3 Å². The molecule has 0 heterocycles. The Morgan fingerprint density at radius 2 is 1.70 bits per heavy atom. The Hall–Kier alpha value is -2.14. The van der Waals surface area contributed by atoms with Crippen LogP contribution < -0.4 is 4.74 Å². The SMILES string of the molecule is Cc1cc(CC(=O)CP(=O)(O)O)cc(C)c1Oc1ccc(C(C)C)cc1O. The highest BCUT2D eigenvalue weighted by Crippen LogP contribution is 2.37. The van der Waals surface area contributed by atoms with Gasteiger partial charge in [0.15, 0.2) is 11.5 Å². The van der Waals surface area contributed by atoms with Crippen LogP contribution in [0.2, 0.25) is 0 Å². The second-order valence-corrected chi connectivity index (χ2v) is 8.73. The van der Waals surface area contributed by atoms with E-state index >= 15 is 0 Å². The summed E-state index contributed by atoms with van der Waals surface area (Å²) in [6.45, 7) is 7.71. The highest BCUT2D eigenvalue weighted by atomic mass is 31.2. The Bertz CT molecular complexity index is 874. The topological polar surface area (TPSA) is 104 Å². The zero-order chi connectivity index (χ0) is 20.4. The zero-order valence-corrected chi connectivity index (χ0v) is 16.8. The molecule has 0 aliphatic rings. The Balaban J connectivity index is 2.22. The summed E-state index contributed by atoms with van der Waals surface area (Å²) >= 11 is 0. The van der Waals surface area contributed by atoms with Gasteiger partial charge in [-0.05, 0) is 54.2 Å². The van der Waals surface area contributed by atoms with Crippen molar-refractivity contribution in [3.8, 4) is 17.2 Å². The van der Waals surface area contributed by atoms with Crippen LogP contribution in [0, 0.1) is 13.8 Å². The number of ketones is 1. The molecule has 0 radical (unpaired) electrons. The quantitative estimate of drug-likeness (QED) is 0.610. The summed E-state index contributed by atoms with van der Waals surface area (Å²) in [5.74, 6) is 0.752. The largest absolute Gasteiger partial charge is 0.504 e. The van der Waals surface area contributed by atoms with Crippen molar-refractivity contribution in [3.63, 3.8) is 0 Å². The van der Waals surface area contributed by atoms with E-state index in [9.17, 15) is 14.5 Å². The lowest BCUT2D eigenvalue weighted by Gasteiger charge is -2.16. The molecule has 0 bridgehead atoms. The molecule has 7 heteroatoms. The summed E-state index contributed by atoms with van der Waals surface area (Å²) in [7, 11) is -4.36. The van der Waals surface area contributed by atoms with Crippen molar-refractivity contribution >= 4 is 13.4 Å². The van der Waals surface area contributed by atoms with E-state index in [0.29, 0.717) is 23.0 Å². The van der Waals surface area contributed by atoms with Gasteiger partial charge in [-0.3, -0.25) is 9.36 Å². The van der Waals surface area contributed by atoms with Crippen LogP contribution in [0.4, 0.5) is 0 Å². The molecular weight excluding hydrogens is 367 g/mol. The molecule has 27 heavy (non-hydrogen) atoms. The fourth-order valence-electron chi connectivity index (χ4n) is 2.91. The Morgan fingerprint density at radius 3 is 2.19 bits per heavy atom. The first-order valence-corrected chi connectivity index (χ1v) is 10.4. The normalized spacial score (nSPS) is 11.7. The van der Waals surface area contributed by atoms with Gasteiger partial charge >= 0.3 is 7.60 Å². The van der Waals surface area contributed by atoms with Crippen molar-refractivity contribution in [1.29, 1.82) is 0 Å². The number of benzene rings is 2. The first kappa shape index (κ1) is 21.2. The number of phenolic OH excluding ortho intramolecular Hbond substituents is 1. The smallest absolute Gasteiger partial charge is 0.332 e.